The van der Waals surface area contributed by atoms with Crippen molar-refractivity contribution in [3.8, 4) is 0 Å². The van der Waals surface area contributed by atoms with Crippen molar-refractivity contribution in [2.24, 2.45) is 0 Å². The monoisotopic (exact) mass is 252 g/mol. The largest absolute Gasteiger partial charge is 0.456 e. The van der Waals surface area contributed by atoms with Gasteiger partial charge in [-0.1, -0.05) is 12.1 Å². The quantitative estimate of drug-likeness (QED) is 0.648. The first-order valence-electron chi connectivity index (χ1n) is 6.05. The summed E-state index contributed by atoms with van der Waals surface area (Å²) in [6.07, 6.45) is 0. The summed E-state index contributed by atoms with van der Waals surface area (Å²) >= 11 is 0. The molecule has 94 valence electrons. The lowest BCUT2D eigenvalue weighted by molar-refractivity contribution is 0.101. The van der Waals surface area contributed by atoms with Crippen LogP contribution >= 0.6 is 0 Å². The van der Waals surface area contributed by atoms with Gasteiger partial charge in [0, 0.05) is 21.9 Å². The third-order valence-corrected chi connectivity index (χ3v) is 3.28. The minimum atomic E-state index is -0.0125. The van der Waals surface area contributed by atoms with E-state index in [9.17, 15) is 9.59 Å². The smallest absolute Gasteiger partial charge is 0.160 e. The van der Waals surface area contributed by atoms with E-state index in [4.69, 9.17) is 4.42 Å². The van der Waals surface area contributed by atoms with Crippen molar-refractivity contribution in [1.82, 2.24) is 0 Å². The van der Waals surface area contributed by atoms with Gasteiger partial charge in [-0.15, -0.1) is 0 Å². The van der Waals surface area contributed by atoms with E-state index in [0.29, 0.717) is 22.3 Å². The van der Waals surface area contributed by atoms with Gasteiger partial charge < -0.3 is 4.42 Å². The Hall–Kier alpha value is -2.42. The predicted octanol–water partition coefficient (Wildman–Crippen LogP) is 3.99. The third kappa shape index (κ3) is 1.74. The van der Waals surface area contributed by atoms with Crippen LogP contribution in [0.5, 0.6) is 0 Å². The lowest BCUT2D eigenvalue weighted by Crippen LogP contribution is -1.93. The van der Waals surface area contributed by atoms with Gasteiger partial charge in [-0.2, -0.15) is 0 Å². The molecule has 0 saturated heterocycles. The number of carbonyl (C=O) groups excluding carboxylic acids is 2. The van der Waals surface area contributed by atoms with E-state index in [2.05, 4.69) is 0 Å². The number of hydrogen-bond donors (Lipinski definition) is 0. The zero-order chi connectivity index (χ0) is 13.6. The number of fused-ring (bicyclic) bond motifs is 3. The molecular weight excluding hydrogens is 240 g/mol. The molecule has 0 unspecified atom stereocenters. The topological polar surface area (TPSA) is 47.3 Å². The Morgan fingerprint density at radius 2 is 1.74 bits per heavy atom. The van der Waals surface area contributed by atoms with Crippen LogP contribution in [0.4, 0.5) is 0 Å². The Labute approximate surface area is 109 Å². The summed E-state index contributed by atoms with van der Waals surface area (Å²) in [5.74, 6) is -0.0157. The molecule has 0 aliphatic carbocycles. The normalized spacial score (nSPS) is 11.1. The molecule has 3 rings (SSSR count). The minimum absolute atomic E-state index is 0.00319. The molecule has 2 aromatic carbocycles. The fraction of sp³-hybridized carbons (Fsp3) is 0.125. The van der Waals surface area contributed by atoms with Crippen LogP contribution in [-0.2, 0) is 0 Å². The summed E-state index contributed by atoms with van der Waals surface area (Å²) in [5, 5.41) is 1.60. The number of furan rings is 1. The molecule has 0 bridgehead atoms. The van der Waals surface area contributed by atoms with E-state index in [1.54, 1.807) is 30.3 Å². The Morgan fingerprint density at radius 3 is 2.42 bits per heavy atom. The average molecular weight is 252 g/mol. The van der Waals surface area contributed by atoms with Crippen LogP contribution in [0.25, 0.3) is 21.9 Å². The van der Waals surface area contributed by atoms with Crippen LogP contribution in [0.3, 0.4) is 0 Å². The SMILES string of the molecule is CC(=O)c1ccc2oc3cccc(C(C)=O)c3c2c1. The molecule has 0 saturated carbocycles. The fourth-order valence-electron chi connectivity index (χ4n) is 2.34. The van der Waals surface area contributed by atoms with E-state index in [1.807, 2.05) is 6.07 Å². The standard InChI is InChI=1S/C16H12O3/c1-9(17)11-6-7-14-13(8-11)16-12(10(2)18)4-3-5-15(16)19-14/h3-8H,1-2H3. The molecule has 3 aromatic rings. The maximum Gasteiger partial charge on any atom is 0.160 e. The fourth-order valence-corrected chi connectivity index (χ4v) is 2.34. The number of rotatable bonds is 2. The zero-order valence-electron chi connectivity index (χ0n) is 10.7. The van der Waals surface area contributed by atoms with Crippen molar-refractivity contribution in [2.75, 3.05) is 0 Å². The highest BCUT2D eigenvalue weighted by atomic mass is 16.3. The Morgan fingerprint density at radius 1 is 0.947 bits per heavy atom. The molecule has 3 heteroatoms. The maximum absolute atomic E-state index is 11.7. The van der Waals surface area contributed by atoms with Crippen LogP contribution in [-0.4, -0.2) is 11.6 Å². The molecule has 19 heavy (non-hydrogen) atoms. The van der Waals surface area contributed by atoms with Crippen molar-refractivity contribution in [1.29, 1.82) is 0 Å². The molecular formula is C16H12O3. The van der Waals surface area contributed by atoms with Gasteiger partial charge in [0.25, 0.3) is 0 Å². The second-order valence-electron chi connectivity index (χ2n) is 4.60. The number of hydrogen-bond acceptors (Lipinski definition) is 3. The summed E-state index contributed by atoms with van der Waals surface area (Å²) in [4.78, 5) is 23.2. The Balaban J connectivity index is 2.48. The molecule has 0 aliphatic rings. The molecule has 0 spiro atoms. The zero-order valence-corrected chi connectivity index (χ0v) is 10.7. The van der Waals surface area contributed by atoms with Crippen molar-refractivity contribution < 1.29 is 14.0 Å². The molecule has 1 aromatic heterocycles. The number of Topliss-reactive ketones (excluding diaryl/α,β-unsaturated/α-hetero) is 2. The Kier molecular flexibility index (Phi) is 2.49. The maximum atomic E-state index is 11.7. The summed E-state index contributed by atoms with van der Waals surface area (Å²) in [7, 11) is 0. The summed E-state index contributed by atoms with van der Waals surface area (Å²) in [6.45, 7) is 3.05. The molecule has 0 amide bonds. The van der Waals surface area contributed by atoms with Gasteiger partial charge in [-0.3, -0.25) is 9.59 Å². The number of ketones is 2. The van der Waals surface area contributed by atoms with Crippen molar-refractivity contribution in [2.45, 2.75) is 13.8 Å². The van der Waals surface area contributed by atoms with Crippen LogP contribution in [0.1, 0.15) is 34.6 Å². The van der Waals surface area contributed by atoms with Gasteiger partial charge in [-0.05, 0) is 38.1 Å². The van der Waals surface area contributed by atoms with Crippen molar-refractivity contribution >= 4 is 33.5 Å². The van der Waals surface area contributed by atoms with Crippen LogP contribution in [0, 0.1) is 0 Å². The summed E-state index contributed by atoms with van der Waals surface area (Å²) in [5.41, 5.74) is 2.60. The first-order valence-corrected chi connectivity index (χ1v) is 6.05. The van der Waals surface area contributed by atoms with Gasteiger partial charge >= 0.3 is 0 Å². The second kappa shape index (κ2) is 4.05. The molecule has 0 aliphatic heterocycles. The summed E-state index contributed by atoms with van der Waals surface area (Å²) in [6, 6.07) is 10.7. The van der Waals surface area contributed by atoms with E-state index in [1.165, 1.54) is 13.8 Å². The first-order chi connectivity index (χ1) is 9.08. The highest BCUT2D eigenvalue weighted by molar-refractivity contribution is 6.17. The van der Waals surface area contributed by atoms with E-state index in [-0.39, 0.29) is 11.6 Å². The van der Waals surface area contributed by atoms with Crippen LogP contribution < -0.4 is 0 Å². The lowest BCUT2D eigenvalue weighted by atomic mass is 10.0. The minimum Gasteiger partial charge on any atom is -0.456 e. The molecule has 1 heterocycles. The second-order valence-corrected chi connectivity index (χ2v) is 4.60. The molecule has 3 nitrogen and oxygen atoms in total. The van der Waals surface area contributed by atoms with E-state index >= 15 is 0 Å². The predicted molar refractivity (Wildman–Crippen MR) is 73.7 cm³/mol. The van der Waals surface area contributed by atoms with E-state index in [0.717, 1.165) is 10.8 Å². The van der Waals surface area contributed by atoms with E-state index < -0.39 is 0 Å². The van der Waals surface area contributed by atoms with Gasteiger partial charge in [0.15, 0.2) is 11.6 Å². The van der Waals surface area contributed by atoms with Gasteiger partial charge in [-0.25, -0.2) is 0 Å². The van der Waals surface area contributed by atoms with Crippen LogP contribution in [0.2, 0.25) is 0 Å². The molecule has 0 N–H and O–H groups in total. The van der Waals surface area contributed by atoms with Gasteiger partial charge in [0.1, 0.15) is 11.2 Å². The number of carbonyl (C=O) groups is 2. The molecule has 0 atom stereocenters. The third-order valence-electron chi connectivity index (χ3n) is 3.28. The van der Waals surface area contributed by atoms with Crippen molar-refractivity contribution in [3.05, 3.63) is 47.5 Å². The molecule has 0 fully saturated rings. The Bertz CT molecular complexity index is 824. The van der Waals surface area contributed by atoms with Crippen molar-refractivity contribution in [3.63, 3.8) is 0 Å². The molecule has 0 radical (unpaired) electrons. The number of benzene rings is 2. The lowest BCUT2D eigenvalue weighted by Gasteiger charge is -1.98. The highest BCUT2D eigenvalue weighted by Crippen LogP contribution is 2.32. The van der Waals surface area contributed by atoms with Gasteiger partial charge in [0.05, 0.1) is 0 Å². The first kappa shape index (κ1) is 11.7. The highest BCUT2D eigenvalue weighted by Gasteiger charge is 2.14. The van der Waals surface area contributed by atoms with Crippen LogP contribution in [0.15, 0.2) is 40.8 Å². The summed E-state index contributed by atoms with van der Waals surface area (Å²) < 4.78 is 5.71. The van der Waals surface area contributed by atoms with Gasteiger partial charge in [0.2, 0.25) is 0 Å². The average Bonchev–Trinajstić information content (AvgIpc) is 2.75.